The fourth-order valence-corrected chi connectivity index (χ4v) is 1.33. The molecule has 1 heterocycles. The maximum absolute atomic E-state index is 11.7. The summed E-state index contributed by atoms with van der Waals surface area (Å²) in [6.45, 7) is 1.54. The fraction of sp³-hybridized carbons (Fsp3) is 0.667. The van der Waals surface area contributed by atoms with Crippen molar-refractivity contribution in [1.29, 1.82) is 0 Å². The second-order valence-corrected chi connectivity index (χ2v) is 3.19. The maximum atomic E-state index is 11.7. The lowest BCUT2D eigenvalue weighted by Gasteiger charge is -1.97. The Morgan fingerprint density at radius 3 is 2.73 bits per heavy atom. The van der Waals surface area contributed by atoms with E-state index in [-0.39, 0.29) is 6.67 Å². The molecule has 0 fully saturated rings. The first-order valence-electron chi connectivity index (χ1n) is 3.30. The second-order valence-electron chi connectivity index (χ2n) is 2.13. The van der Waals surface area contributed by atoms with Gasteiger partial charge in [0, 0.05) is 12.8 Å². The Morgan fingerprint density at radius 1 is 1.55 bits per heavy atom. The van der Waals surface area contributed by atoms with Crippen molar-refractivity contribution >= 4 is 11.8 Å². The number of aromatic nitrogens is 3. The van der Waals surface area contributed by atoms with Crippen LogP contribution in [0.5, 0.6) is 0 Å². The van der Waals surface area contributed by atoms with Crippen LogP contribution in [0, 0.1) is 6.92 Å². The molecule has 0 saturated carbocycles. The van der Waals surface area contributed by atoms with Gasteiger partial charge in [-0.2, -0.15) is 0 Å². The van der Waals surface area contributed by atoms with Crippen molar-refractivity contribution in [3.05, 3.63) is 5.82 Å². The van der Waals surface area contributed by atoms with Crippen LogP contribution in [0.3, 0.4) is 0 Å². The van der Waals surface area contributed by atoms with E-state index in [0.29, 0.717) is 5.75 Å². The molecule has 0 atom stereocenters. The van der Waals surface area contributed by atoms with E-state index < -0.39 is 0 Å². The SMILES string of the molecule is Cc1nnc(SCCF)n1C. The number of nitrogens with zero attached hydrogens (tertiary/aromatic N) is 3. The summed E-state index contributed by atoms with van der Waals surface area (Å²) in [4.78, 5) is 0. The third-order valence-corrected chi connectivity index (χ3v) is 2.33. The van der Waals surface area contributed by atoms with Gasteiger partial charge in [-0.1, -0.05) is 11.8 Å². The van der Waals surface area contributed by atoms with Gasteiger partial charge in [-0.15, -0.1) is 10.2 Å². The molecule has 0 radical (unpaired) electrons. The van der Waals surface area contributed by atoms with Gasteiger partial charge in [0.2, 0.25) is 0 Å². The first kappa shape index (κ1) is 8.52. The van der Waals surface area contributed by atoms with Crippen molar-refractivity contribution in [2.24, 2.45) is 7.05 Å². The van der Waals surface area contributed by atoms with Gasteiger partial charge in [-0.25, -0.2) is 0 Å². The lowest BCUT2D eigenvalue weighted by molar-refractivity contribution is 0.532. The van der Waals surface area contributed by atoms with Gasteiger partial charge < -0.3 is 4.57 Å². The van der Waals surface area contributed by atoms with E-state index in [0.717, 1.165) is 11.0 Å². The first-order chi connectivity index (χ1) is 5.25. The van der Waals surface area contributed by atoms with Crippen molar-refractivity contribution in [2.75, 3.05) is 12.4 Å². The summed E-state index contributed by atoms with van der Waals surface area (Å²) >= 11 is 1.38. The molecule has 0 N–H and O–H groups in total. The molecule has 1 aromatic rings. The van der Waals surface area contributed by atoms with Crippen LogP contribution in [0.25, 0.3) is 0 Å². The Balaban J connectivity index is 2.63. The largest absolute Gasteiger partial charge is 0.309 e. The number of alkyl halides is 1. The molecule has 0 aliphatic heterocycles. The fourth-order valence-electron chi connectivity index (χ4n) is 0.643. The Labute approximate surface area is 69.0 Å². The maximum Gasteiger partial charge on any atom is 0.191 e. The summed E-state index contributed by atoms with van der Waals surface area (Å²) in [6, 6.07) is 0. The molecule has 0 bridgehead atoms. The van der Waals surface area contributed by atoms with Crippen LogP contribution in [-0.4, -0.2) is 27.2 Å². The summed E-state index contributed by atoms with van der Waals surface area (Å²) in [7, 11) is 1.87. The van der Waals surface area contributed by atoms with Gasteiger partial charge in [0.25, 0.3) is 0 Å². The van der Waals surface area contributed by atoms with E-state index in [2.05, 4.69) is 10.2 Å². The summed E-state index contributed by atoms with van der Waals surface area (Å²) in [5.74, 6) is 1.30. The molecule has 0 unspecified atom stereocenters. The molecule has 0 amide bonds. The predicted octanol–water partition coefficient (Wildman–Crippen LogP) is 1.19. The molecular weight excluding hydrogens is 165 g/mol. The monoisotopic (exact) mass is 175 g/mol. The Hall–Kier alpha value is -0.580. The zero-order chi connectivity index (χ0) is 8.27. The summed E-state index contributed by atoms with van der Waals surface area (Å²) in [5, 5.41) is 8.48. The minimum Gasteiger partial charge on any atom is -0.309 e. The zero-order valence-corrected chi connectivity index (χ0v) is 7.36. The molecule has 0 aromatic carbocycles. The van der Waals surface area contributed by atoms with Crippen molar-refractivity contribution in [2.45, 2.75) is 12.1 Å². The van der Waals surface area contributed by atoms with E-state index in [1.54, 1.807) is 0 Å². The highest BCUT2D eigenvalue weighted by molar-refractivity contribution is 7.99. The van der Waals surface area contributed by atoms with E-state index in [1.807, 2.05) is 18.5 Å². The minimum absolute atomic E-state index is 0.323. The van der Waals surface area contributed by atoms with E-state index in [4.69, 9.17) is 0 Å². The lowest BCUT2D eigenvalue weighted by atomic mass is 10.7. The molecule has 0 aliphatic carbocycles. The van der Waals surface area contributed by atoms with Crippen LogP contribution < -0.4 is 0 Å². The van der Waals surface area contributed by atoms with Crippen molar-refractivity contribution < 1.29 is 4.39 Å². The van der Waals surface area contributed by atoms with Crippen LogP contribution in [0.15, 0.2) is 5.16 Å². The highest BCUT2D eigenvalue weighted by Gasteiger charge is 2.03. The first-order valence-corrected chi connectivity index (χ1v) is 4.29. The molecule has 0 aliphatic rings. The molecule has 0 spiro atoms. The topological polar surface area (TPSA) is 30.7 Å². The van der Waals surface area contributed by atoms with Crippen LogP contribution in [0.2, 0.25) is 0 Å². The van der Waals surface area contributed by atoms with Gasteiger partial charge in [0.15, 0.2) is 5.16 Å². The molecule has 0 saturated heterocycles. The van der Waals surface area contributed by atoms with Crippen LogP contribution >= 0.6 is 11.8 Å². The van der Waals surface area contributed by atoms with Crippen molar-refractivity contribution in [3.8, 4) is 0 Å². The number of hydrogen-bond acceptors (Lipinski definition) is 3. The van der Waals surface area contributed by atoms with Gasteiger partial charge in [-0.05, 0) is 6.92 Å². The smallest absolute Gasteiger partial charge is 0.191 e. The normalized spacial score (nSPS) is 10.5. The van der Waals surface area contributed by atoms with Gasteiger partial charge in [-0.3, -0.25) is 4.39 Å². The standard InChI is InChI=1S/C6H10FN3S/c1-5-8-9-6(10(5)2)11-4-3-7/h3-4H2,1-2H3. The van der Waals surface area contributed by atoms with Crippen LogP contribution in [-0.2, 0) is 7.05 Å². The second kappa shape index (κ2) is 3.71. The Kier molecular flexibility index (Phi) is 2.87. The van der Waals surface area contributed by atoms with Gasteiger partial charge in [0.1, 0.15) is 5.82 Å². The van der Waals surface area contributed by atoms with Crippen LogP contribution in [0.4, 0.5) is 4.39 Å². The van der Waals surface area contributed by atoms with Crippen LogP contribution in [0.1, 0.15) is 5.82 Å². The third kappa shape index (κ3) is 1.92. The summed E-state index contributed by atoms with van der Waals surface area (Å²) in [6.07, 6.45) is 0. The predicted molar refractivity (Wildman–Crippen MR) is 42.4 cm³/mol. The van der Waals surface area contributed by atoms with E-state index in [9.17, 15) is 4.39 Å². The zero-order valence-electron chi connectivity index (χ0n) is 6.54. The number of halogens is 1. The number of aryl methyl sites for hydroxylation is 1. The van der Waals surface area contributed by atoms with Crippen molar-refractivity contribution in [3.63, 3.8) is 0 Å². The average molecular weight is 175 g/mol. The van der Waals surface area contributed by atoms with E-state index >= 15 is 0 Å². The molecule has 3 nitrogen and oxygen atoms in total. The average Bonchev–Trinajstić information content (AvgIpc) is 2.31. The lowest BCUT2D eigenvalue weighted by Crippen LogP contribution is -1.94. The minimum atomic E-state index is -0.323. The Morgan fingerprint density at radius 2 is 2.27 bits per heavy atom. The third-order valence-electron chi connectivity index (χ3n) is 1.36. The van der Waals surface area contributed by atoms with Gasteiger partial charge >= 0.3 is 0 Å². The van der Waals surface area contributed by atoms with E-state index in [1.165, 1.54) is 11.8 Å². The number of thioether (sulfide) groups is 1. The highest BCUT2D eigenvalue weighted by Crippen LogP contribution is 2.14. The Bertz CT molecular complexity index is 236. The van der Waals surface area contributed by atoms with Crippen molar-refractivity contribution in [1.82, 2.24) is 14.8 Å². The quantitative estimate of drug-likeness (QED) is 0.646. The molecule has 1 aromatic heterocycles. The summed E-state index contributed by atoms with van der Waals surface area (Å²) < 4.78 is 13.6. The highest BCUT2D eigenvalue weighted by atomic mass is 32.2. The number of rotatable bonds is 3. The molecule has 1 rings (SSSR count). The summed E-state index contributed by atoms with van der Waals surface area (Å²) in [5.41, 5.74) is 0. The molecular formula is C6H10FN3S. The molecule has 62 valence electrons. The molecule has 11 heavy (non-hydrogen) atoms. The molecule has 5 heteroatoms. The van der Waals surface area contributed by atoms with Gasteiger partial charge in [0.05, 0.1) is 6.67 Å². The number of hydrogen-bond donors (Lipinski definition) is 0.